The van der Waals surface area contributed by atoms with Crippen LogP contribution in [-0.2, 0) is 14.8 Å². The molecule has 2 aromatic rings. The number of nitrogens with zero attached hydrogens (tertiary/aromatic N) is 3. The predicted molar refractivity (Wildman–Crippen MR) is 76.2 cm³/mol. The van der Waals surface area contributed by atoms with E-state index in [0.717, 1.165) is 6.42 Å². The zero-order valence-electron chi connectivity index (χ0n) is 11.0. The summed E-state index contributed by atoms with van der Waals surface area (Å²) < 4.78 is 33.6. The van der Waals surface area contributed by atoms with Crippen LogP contribution in [0.3, 0.4) is 0 Å². The highest BCUT2D eigenvalue weighted by molar-refractivity contribution is 7.89. The molecule has 0 aliphatic carbocycles. The first-order chi connectivity index (χ1) is 9.54. The lowest BCUT2D eigenvalue weighted by Gasteiger charge is -2.16. The van der Waals surface area contributed by atoms with E-state index in [9.17, 15) is 8.42 Å². The summed E-state index contributed by atoms with van der Waals surface area (Å²) in [5, 5.41) is 1.87. The smallest absolute Gasteiger partial charge is 0.262 e. The van der Waals surface area contributed by atoms with Crippen LogP contribution < -0.4 is 5.73 Å². The molecular weight excluding hydrogens is 300 g/mol. The SMILES string of the molecule is COCC1CCN(S(=O)(=O)c2c(N)nc3sccn23)C1. The molecule has 2 N–H and O–H groups in total. The van der Waals surface area contributed by atoms with Crippen molar-refractivity contribution in [3.8, 4) is 0 Å². The molecule has 0 bridgehead atoms. The normalized spacial score (nSPS) is 20.9. The molecule has 0 spiro atoms. The topological polar surface area (TPSA) is 89.9 Å². The summed E-state index contributed by atoms with van der Waals surface area (Å²) in [4.78, 5) is 4.69. The van der Waals surface area contributed by atoms with Crippen LogP contribution in [0.1, 0.15) is 6.42 Å². The van der Waals surface area contributed by atoms with Crippen molar-refractivity contribution in [1.82, 2.24) is 13.7 Å². The van der Waals surface area contributed by atoms with Crippen molar-refractivity contribution in [3.63, 3.8) is 0 Å². The lowest BCUT2D eigenvalue weighted by Crippen LogP contribution is -2.30. The Kier molecular flexibility index (Phi) is 3.44. The minimum Gasteiger partial charge on any atom is -0.384 e. The molecule has 110 valence electrons. The average Bonchev–Trinajstić information content (AvgIpc) is 3.04. The van der Waals surface area contributed by atoms with E-state index < -0.39 is 10.0 Å². The van der Waals surface area contributed by atoms with Crippen LogP contribution in [-0.4, -0.2) is 48.9 Å². The van der Waals surface area contributed by atoms with E-state index in [-0.39, 0.29) is 16.8 Å². The summed E-state index contributed by atoms with van der Waals surface area (Å²) in [6.07, 6.45) is 2.48. The number of nitrogen functional groups attached to an aromatic ring is 1. The van der Waals surface area contributed by atoms with E-state index in [1.54, 1.807) is 23.1 Å². The summed E-state index contributed by atoms with van der Waals surface area (Å²) in [6.45, 7) is 1.53. The molecular formula is C11H16N4O3S2. The number of thiazole rings is 1. The molecule has 0 radical (unpaired) electrons. The summed E-state index contributed by atoms with van der Waals surface area (Å²) in [6, 6.07) is 0. The number of hydrogen-bond donors (Lipinski definition) is 1. The van der Waals surface area contributed by atoms with Gasteiger partial charge in [-0.1, -0.05) is 0 Å². The van der Waals surface area contributed by atoms with Gasteiger partial charge in [-0.15, -0.1) is 11.3 Å². The zero-order valence-corrected chi connectivity index (χ0v) is 12.7. The first kappa shape index (κ1) is 13.8. The van der Waals surface area contributed by atoms with Crippen molar-refractivity contribution in [2.45, 2.75) is 11.4 Å². The lowest BCUT2D eigenvalue weighted by atomic mass is 10.1. The number of ether oxygens (including phenoxy) is 1. The predicted octanol–water partition coefficient (Wildman–Crippen LogP) is 0.635. The van der Waals surface area contributed by atoms with Crippen LogP contribution in [0.4, 0.5) is 5.82 Å². The van der Waals surface area contributed by atoms with Gasteiger partial charge in [0, 0.05) is 31.8 Å². The first-order valence-corrected chi connectivity index (χ1v) is 8.56. The Hall–Kier alpha value is -1.16. The van der Waals surface area contributed by atoms with Crippen molar-refractivity contribution in [2.24, 2.45) is 5.92 Å². The minimum absolute atomic E-state index is 0.0621. The fourth-order valence-corrected chi connectivity index (χ4v) is 5.03. The average molecular weight is 316 g/mol. The third-order valence-electron chi connectivity index (χ3n) is 3.48. The van der Waals surface area contributed by atoms with Gasteiger partial charge >= 0.3 is 0 Å². The molecule has 1 aliphatic heterocycles. The first-order valence-electron chi connectivity index (χ1n) is 6.24. The summed E-state index contributed by atoms with van der Waals surface area (Å²) in [5.41, 5.74) is 5.79. The molecule has 1 atom stereocenters. The number of aromatic nitrogens is 2. The number of sulfonamides is 1. The fourth-order valence-electron chi connectivity index (χ4n) is 2.55. The van der Waals surface area contributed by atoms with Gasteiger partial charge in [0.1, 0.15) is 0 Å². The zero-order chi connectivity index (χ0) is 14.3. The largest absolute Gasteiger partial charge is 0.384 e. The van der Waals surface area contributed by atoms with Gasteiger partial charge in [0.15, 0.2) is 15.8 Å². The van der Waals surface area contributed by atoms with Gasteiger partial charge in [-0.3, -0.25) is 4.40 Å². The Labute approximate surface area is 121 Å². The Morgan fingerprint density at radius 3 is 3.15 bits per heavy atom. The third-order valence-corrected chi connectivity index (χ3v) is 6.14. The highest BCUT2D eigenvalue weighted by Gasteiger charge is 2.36. The maximum absolute atomic E-state index is 12.7. The van der Waals surface area contributed by atoms with E-state index in [1.807, 2.05) is 0 Å². The maximum atomic E-state index is 12.7. The van der Waals surface area contributed by atoms with E-state index in [2.05, 4.69) is 4.98 Å². The van der Waals surface area contributed by atoms with Crippen LogP contribution in [0.5, 0.6) is 0 Å². The summed E-state index contributed by atoms with van der Waals surface area (Å²) in [7, 11) is -1.99. The molecule has 1 fully saturated rings. The molecule has 2 aromatic heterocycles. The van der Waals surface area contributed by atoms with Crippen molar-refractivity contribution in [3.05, 3.63) is 11.6 Å². The van der Waals surface area contributed by atoms with Crippen molar-refractivity contribution < 1.29 is 13.2 Å². The van der Waals surface area contributed by atoms with Gasteiger partial charge in [0.25, 0.3) is 10.0 Å². The maximum Gasteiger partial charge on any atom is 0.262 e. The Bertz CT molecular complexity index is 721. The summed E-state index contributed by atoms with van der Waals surface area (Å²) >= 11 is 1.36. The number of methoxy groups -OCH3 is 1. The number of anilines is 1. The molecule has 3 rings (SSSR count). The third kappa shape index (κ3) is 2.10. The number of imidazole rings is 1. The fraction of sp³-hybridized carbons (Fsp3) is 0.545. The van der Waals surface area contributed by atoms with E-state index in [0.29, 0.717) is 24.7 Å². The Balaban J connectivity index is 1.96. The molecule has 1 saturated heterocycles. The number of nitrogens with two attached hydrogens (primary N) is 1. The second kappa shape index (κ2) is 4.99. The molecule has 0 amide bonds. The van der Waals surface area contributed by atoms with Crippen LogP contribution in [0.15, 0.2) is 16.6 Å². The number of hydrogen-bond acceptors (Lipinski definition) is 6. The molecule has 0 aromatic carbocycles. The lowest BCUT2D eigenvalue weighted by molar-refractivity contribution is 0.157. The number of rotatable bonds is 4. The Morgan fingerprint density at radius 2 is 2.40 bits per heavy atom. The van der Waals surface area contributed by atoms with Gasteiger partial charge in [-0.2, -0.15) is 4.31 Å². The highest BCUT2D eigenvalue weighted by atomic mass is 32.2. The standard InChI is InChI=1S/C11H16N4O3S2/c1-18-7-8-2-3-14(6-8)20(16,17)10-9(12)13-11-15(10)4-5-19-11/h4-5,8H,2-3,6-7,12H2,1H3. The van der Waals surface area contributed by atoms with Crippen molar-refractivity contribution in [1.29, 1.82) is 0 Å². The van der Waals surface area contributed by atoms with Gasteiger partial charge in [0.2, 0.25) is 0 Å². The van der Waals surface area contributed by atoms with E-state index in [4.69, 9.17) is 10.5 Å². The monoisotopic (exact) mass is 316 g/mol. The second-order valence-corrected chi connectivity index (χ2v) is 7.56. The van der Waals surface area contributed by atoms with Crippen LogP contribution in [0.2, 0.25) is 0 Å². The number of fused-ring (bicyclic) bond motifs is 1. The van der Waals surface area contributed by atoms with E-state index in [1.165, 1.54) is 15.6 Å². The Morgan fingerprint density at radius 1 is 1.60 bits per heavy atom. The van der Waals surface area contributed by atoms with Gasteiger partial charge in [-0.05, 0) is 12.3 Å². The van der Waals surface area contributed by atoms with Crippen molar-refractivity contribution in [2.75, 3.05) is 32.5 Å². The molecule has 20 heavy (non-hydrogen) atoms. The van der Waals surface area contributed by atoms with Gasteiger partial charge in [-0.25, -0.2) is 13.4 Å². The molecule has 1 aliphatic rings. The molecule has 7 nitrogen and oxygen atoms in total. The second-order valence-electron chi connectivity index (χ2n) is 4.83. The van der Waals surface area contributed by atoms with Crippen LogP contribution in [0.25, 0.3) is 4.96 Å². The van der Waals surface area contributed by atoms with Crippen molar-refractivity contribution >= 4 is 32.1 Å². The summed E-state index contributed by atoms with van der Waals surface area (Å²) in [5.74, 6) is 0.300. The van der Waals surface area contributed by atoms with Crippen LogP contribution in [0, 0.1) is 5.92 Å². The minimum atomic E-state index is -3.61. The van der Waals surface area contributed by atoms with E-state index >= 15 is 0 Å². The van der Waals surface area contributed by atoms with Gasteiger partial charge in [0.05, 0.1) is 6.61 Å². The molecule has 3 heterocycles. The molecule has 1 unspecified atom stereocenters. The molecule has 9 heteroatoms. The van der Waals surface area contributed by atoms with Gasteiger partial charge < -0.3 is 10.5 Å². The molecule has 0 saturated carbocycles. The quantitative estimate of drug-likeness (QED) is 0.894. The van der Waals surface area contributed by atoms with Crippen LogP contribution >= 0.6 is 11.3 Å². The highest BCUT2D eigenvalue weighted by Crippen LogP contribution is 2.29.